The molecule has 1 aromatic rings. The Labute approximate surface area is 136 Å². The van der Waals surface area contributed by atoms with Crippen molar-refractivity contribution in [2.24, 2.45) is 0 Å². The molecule has 122 valence electrons. The molecule has 1 aromatic carbocycles. The van der Waals surface area contributed by atoms with Gasteiger partial charge in [-0.3, -0.25) is 9.59 Å². The van der Waals surface area contributed by atoms with Crippen molar-refractivity contribution in [2.45, 2.75) is 25.0 Å². The monoisotopic (exact) mass is 314 g/mol. The molecule has 0 aliphatic carbocycles. The van der Waals surface area contributed by atoms with Crippen LogP contribution in [0.3, 0.4) is 0 Å². The zero-order valence-corrected chi connectivity index (χ0v) is 13.5. The number of hydrogen-bond donors (Lipinski definition) is 0. The first-order valence-electron chi connectivity index (χ1n) is 7.93. The predicted octanol–water partition coefficient (Wildman–Crippen LogP) is 1.68. The highest BCUT2D eigenvalue weighted by molar-refractivity contribution is 5.90. The molecule has 2 aliphatic heterocycles. The Bertz CT molecular complexity index is 639. The quantitative estimate of drug-likeness (QED) is 0.798. The molecule has 1 spiro atoms. The van der Waals surface area contributed by atoms with Crippen molar-refractivity contribution in [3.8, 4) is 0 Å². The molecule has 5 heteroatoms. The van der Waals surface area contributed by atoms with Crippen LogP contribution in [0, 0.1) is 0 Å². The number of hydrogen-bond acceptors (Lipinski definition) is 3. The van der Waals surface area contributed by atoms with Gasteiger partial charge in [0.15, 0.2) is 0 Å². The van der Waals surface area contributed by atoms with Crippen molar-refractivity contribution in [3.05, 3.63) is 48.0 Å². The van der Waals surface area contributed by atoms with Crippen LogP contribution in [0.4, 0.5) is 0 Å². The summed E-state index contributed by atoms with van der Waals surface area (Å²) >= 11 is 0. The van der Waals surface area contributed by atoms with Crippen molar-refractivity contribution in [1.82, 2.24) is 9.80 Å². The lowest BCUT2D eigenvalue weighted by molar-refractivity contribution is -0.146. The largest absolute Gasteiger partial charge is 0.364 e. The molecule has 1 saturated heterocycles. The molecular formula is C18H22N2O3. The fourth-order valence-corrected chi connectivity index (χ4v) is 3.49. The number of likely N-dealkylation sites (tertiary alicyclic amines) is 1. The lowest BCUT2D eigenvalue weighted by Crippen LogP contribution is -2.51. The van der Waals surface area contributed by atoms with Crippen molar-refractivity contribution in [3.63, 3.8) is 0 Å². The minimum Gasteiger partial charge on any atom is -0.364 e. The van der Waals surface area contributed by atoms with E-state index >= 15 is 0 Å². The summed E-state index contributed by atoms with van der Waals surface area (Å²) in [6.45, 7) is 5.39. The van der Waals surface area contributed by atoms with Crippen LogP contribution in [0.5, 0.6) is 0 Å². The molecule has 0 saturated carbocycles. The van der Waals surface area contributed by atoms with Crippen LogP contribution in [0.15, 0.2) is 36.9 Å². The van der Waals surface area contributed by atoms with Gasteiger partial charge in [0.25, 0.3) is 0 Å². The van der Waals surface area contributed by atoms with E-state index < -0.39 is 0 Å². The van der Waals surface area contributed by atoms with E-state index in [1.165, 1.54) is 22.1 Å². The van der Waals surface area contributed by atoms with Gasteiger partial charge in [0.05, 0.1) is 19.7 Å². The molecule has 3 rings (SSSR count). The van der Waals surface area contributed by atoms with Crippen LogP contribution < -0.4 is 0 Å². The normalized spacial score (nSPS) is 22.7. The van der Waals surface area contributed by atoms with Gasteiger partial charge in [0, 0.05) is 13.6 Å². The molecule has 23 heavy (non-hydrogen) atoms. The number of fused-ring (bicyclic) bond motifs is 2. The summed E-state index contributed by atoms with van der Waals surface area (Å²) in [5.74, 6) is -0.290. The average Bonchev–Trinajstić information content (AvgIpc) is 2.92. The first-order valence-corrected chi connectivity index (χ1v) is 7.93. The SMILES string of the molecule is C=CC(=O)N(C)CC(=O)N1CCCC2(C1)OCc1ccccc12. The fourth-order valence-electron chi connectivity index (χ4n) is 3.49. The maximum absolute atomic E-state index is 12.5. The van der Waals surface area contributed by atoms with Crippen molar-refractivity contribution >= 4 is 11.8 Å². The molecule has 0 aromatic heterocycles. The number of likely N-dealkylation sites (N-methyl/N-ethyl adjacent to an activating group) is 1. The molecule has 2 aliphatic rings. The van der Waals surface area contributed by atoms with Gasteiger partial charge >= 0.3 is 0 Å². The third-order valence-corrected chi connectivity index (χ3v) is 4.74. The number of amides is 2. The zero-order valence-electron chi connectivity index (χ0n) is 13.5. The van der Waals surface area contributed by atoms with E-state index in [4.69, 9.17) is 4.74 Å². The van der Waals surface area contributed by atoms with Gasteiger partial charge in [-0.25, -0.2) is 0 Å². The molecule has 1 unspecified atom stereocenters. The van der Waals surface area contributed by atoms with E-state index in [9.17, 15) is 9.59 Å². The summed E-state index contributed by atoms with van der Waals surface area (Å²) in [4.78, 5) is 27.3. The van der Waals surface area contributed by atoms with Crippen LogP contribution >= 0.6 is 0 Å². The van der Waals surface area contributed by atoms with Crippen LogP contribution in [0.2, 0.25) is 0 Å². The summed E-state index contributed by atoms with van der Waals surface area (Å²) in [6, 6.07) is 8.22. The van der Waals surface area contributed by atoms with Crippen molar-refractivity contribution in [1.29, 1.82) is 0 Å². The maximum atomic E-state index is 12.5. The third-order valence-electron chi connectivity index (χ3n) is 4.74. The molecule has 2 amide bonds. The standard InChI is InChI=1S/C18H22N2O3/c1-3-16(21)19(2)11-17(22)20-10-6-9-18(13-20)15-8-5-4-7-14(15)12-23-18/h3-5,7-8H,1,6,9-13H2,2H3. The molecule has 1 atom stereocenters. The summed E-state index contributed by atoms with van der Waals surface area (Å²) < 4.78 is 6.12. The van der Waals surface area contributed by atoms with E-state index in [1.54, 1.807) is 7.05 Å². The first-order chi connectivity index (χ1) is 11.1. The predicted molar refractivity (Wildman–Crippen MR) is 86.6 cm³/mol. The Balaban J connectivity index is 1.73. The highest BCUT2D eigenvalue weighted by Crippen LogP contribution is 2.42. The lowest BCUT2D eigenvalue weighted by atomic mass is 9.85. The van der Waals surface area contributed by atoms with Crippen LogP contribution in [-0.2, 0) is 26.5 Å². The second-order valence-electron chi connectivity index (χ2n) is 6.26. The summed E-state index contributed by atoms with van der Waals surface area (Å²) in [5.41, 5.74) is 2.03. The number of rotatable bonds is 3. The Morgan fingerprint density at radius 2 is 2.22 bits per heavy atom. The van der Waals surface area contributed by atoms with E-state index in [0.29, 0.717) is 19.7 Å². The number of piperidine rings is 1. The van der Waals surface area contributed by atoms with Gasteiger partial charge in [-0.15, -0.1) is 0 Å². The topological polar surface area (TPSA) is 49.9 Å². The molecule has 0 radical (unpaired) electrons. The minimum absolute atomic E-state index is 0.0465. The van der Waals surface area contributed by atoms with Crippen molar-refractivity contribution in [2.75, 3.05) is 26.7 Å². The van der Waals surface area contributed by atoms with Gasteiger partial charge in [-0.1, -0.05) is 30.8 Å². The van der Waals surface area contributed by atoms with Gasteiger partial charge in [-0.2, -0.15) is 0 Å². The first kappa shape index (κ1) is 15.7. The molecule has 0 N–H and O–H groups in total. The summed E-state index contributed by atoms with van der Waals surface area (Å²) in [7, 11) is 1.61. The second-order valence-corrected chi connectivity index (χ2v) is 6.26. The number of carbonyl (C=O) groups excluding carboxylic acids is 2. The van der Waals surface area contributed by atoms with Gasteiger partial charge in [0.1, 0.15) is 5.60 Å². The molecule has 5 nitrogen and oxygen atoms in total. The Morgan fingerprint density at radius 3 is 3.00 bits per heavy atom. The molecule has 1 fully saturated rings. The minimum atomic E-state index is -0.383. The number of benzene rings is 1. The van der Waals surface area contributed by atoms with Gasteiger partial charge < -0.3 is 14.5 Å². The van der Waals surface area contributed by atoms with E-state index in [1.807, 2.05) is 17.0 Å². The highest BCUT2D eigenvalue weighted by atomic mass is 16.5. The lowest BCUT2D eigenvalue weighted by Gasteiger charge is -2.40. The highest BCUT2D eigenvalue weighted by Gasteiger charge is 2.44. The Morgan fingerprint density at radius 1 is 1.43 bits per heavy atom. The van der Waals surface area contributed by atoms with Crippen LogP contribution in [0.1, 0.15) is 24.0 Å². The number of carbonyl (C=O) groups is 2. The molecule has 0 bridgehead atoms. The van der Waals surface area contributed by atoms with Gasteiger partial charge in [-0.05, 0) is 30.0 Å². The Hall–Kier alpha value is -2.14. The zero-order chi connectivity index (χ0) is 16.4. The van der Waals surface area contributed by atoms with E-state index in [-0.39, 0.29) is 24.0 Å². The summed E-state index contributed by atoms with van der Waals surface area (Å²) in [6.07, 6.45) is 3.05. The van der Waals surface area contributed by atoms with Crippen LogP contribution in [0.25, 0.3) is 0 Å². The third kappa shape index (κ3) is 2.88. The number of ether oxygens (including phenoxy) is 1. The average molecular weight is 314 g/mol. The number of nitrogens with zero attached hydrogens (tertiary/aromatic N) is 2. The van der Waals surface area contributed by atoms with E-state index in [2.05, 4.69) is 18.7 Å². The smallest absolute Gasteiger partial charge is 0.246 e. The Kier molecular flexibility index (Phi) is 4.22. The molecule has 2 heterocycles. The van der Waals surface area contributed by atoms with Crippen molar-refractivity contribution < 1.29 is 14.3 Å². The molecular weight excluding hydrogens is 292 g/mol. The van der Waals surface area contributed by atoms with Crippen LogP contribution in [-0.4, -0.2) is 48.3 Å². The fraction of sp³-hybridized carbons (Fsp3) is 0.444. The summed E-state index contributed by atoms with van der Waals surface area (Å²) in [5, 5.41) is 0. The maximum Gasteiger partial charge on any atom is 0.246 e. The second kappa shape index (κ2) is 6.16. The van der Waals surface area contributed by atoms with Gasteiger partial charge in [0.2, 0.25) is 11.8 Å². The van der Waals surface area contributed by atoms with E-state index in [0.717, 1.165) is 12.8 Å².